The number of benzene rings is 1. The second kappa shape index (κ2) is 10.7. The van der Waals surface area contributed by atoms with Gasteiger partial charge in [-0.15, -0.1) is 12.4 Å². The second-order valence-electron chi connectivity index (χ2n) is 5.28. The Morgan fingerprint density at radius 1 is 1.45 bits per heavy atom. The standard InChI is InChI=1S/C16H25ClN2O2.ClH/c1-4-5-6-13(10-18)19-16(20)12(3)21-15-9-11(2)7-8-14(15)17;/h7-9,12-13H,4-6,10,18H2,1-3H3,(H,19,20);1H. The van der Waals surface area contributed by atoms with Crippen LogP contribution >= 0.6 is 24.0 Å². The van der Waals surface area contributed by atoms with Gasteiger partial charge in [-0.1, -0.05) is 37.4 Å². The third kappa shape index (κ3) is 6.86. The first-order valence-corrected chi connectivity index (χ1v) is 7.79. The van der Waals surface area contributed by atoms with Gasteiger partial charge < -0.3 is 15.8 Å². The smallest absolute Gasteiger partial charge is 0.261 e. The Bertz CT molecular complexity index is 469. The van der Waals surface area contributed by atoms with Crippen molar-refractivity contribution in [3.63, 3.8) is 0 Å². The van der Waals surface area contributed by atoms with Crippen molar-refractivity contribution in [3.8, 4) is 5.75 Å². The Kier molecular flexibility index (Phi) is 10.2. The molecule has 0 radical (unpaired) electrons. The molecule has 3 N–H and O–H groups in total. The molecule has 2 unspecified atom stereocenters. The van der Waals surface area contributed by atoms with Crippen molar-refractivity contribution in [2.75, 3.05) is 6.54 Å². The summed E-state index contributed by atoms with van der Waals surface area (Å²) in [5.41, 5.74) is 6.71. The predicted octanol–water partition coefficient (Wildman–Crippen LogP) is 3.47. The highest BCUT2D eigenvalue weighted by Crippen LogP contribution is 2.26. The number of hydrogen-bond acceptors (Lipinski definition) is 3. The fraction of sp³-hybridized carbons (Fsp3) is 0.562. The molecule has 1 aromatic rings. The summed E-state index contributed by atoms with van der Waals surface area (Å²) in [6.07, 6.45) is 2.40. The van der Waals surface area contributed by atoms with Crippen molar-refractivity contribution in [2.45, 2.75) is 52.2 Å². The average Bonchev–Trinajstić information content (AvgIpc) is 2.46. The molecular weight excluding hydrogens is 323 g/mol. The first-order valence-electron chi connectivity index (χ1n) is 7.41. The molecule has 0 saturated heterocycles. The topological polar surface area (TPSA) is 64.3 Å². The number of carbonyl (C=O) groups is 1. The number of unbranched alkanes of at least 4 members (excludes halogenated alkanes) is 1. The minimum Gasteiger partial charge on any atom is -0.479 e. The van der Waals surface area contributed by atoms with E-state index in [1.165, 1.54) is 0 Å². The van der Waals surface area contributed by atoms with Crippen LogP contribution in [-0.4, -0.2) is 24.6 Å². The minimum atomic E-state index is -0.611. The molecule has 0 aliphatic carbocycles. The lowest BCUT2D eigenvalue weighted by molar-refractivity contribution is -0.128. The second-order valence-corrected chi connectivity index (χ2v) is 5.68. The van der Waals surface area contributed by atoms with Crippen LogP contribution in [0.4, 0.5) is 0 Å². The largest absolute Gasteiger partial charge is 0.479 e. The number of rotatable bonds is 8. The van der Waals surface area contributed by atoms with Gasteiger partial charge in [0.2, 0.25) is 0 Å². The molecule has 0 spiro atoms. The first kappa shape index (κ1) is 21.0. The summed E-state index contributed by atoms with van der Waals surface area (Å²) >= 11 is 6.07. The van der Waals surface area contributed by atoms with E-state index < -0.39 is 6.10 Å². The van der Waals surface area contributed by atoms with Crippen LogP contribution in [0.3, 0.4) is 0 Å². The van der Waals surface area contributed by atoms with Gasteiger partial charge in [-0.25, -0.2) is 0 Å². The monoisotopic (exact) mass is 348 g/mol. The van der Waals surface area contributed by atoms with Crippen LogP contribution in [0.2, 0.25) is 5.02 Å². The van der Waals surface area contributed by atoms with Gasteiger partial charge in [0.1, 0.15) is 5.75 Å². The van der Waals surface area contributed by atoms with Crippen LogP contribution in [-0.2, 0) is 4.79 Å². The molecule has 126 valence electrons. The van der Waals surface area contributed by atoms with E-state index >= 15 is 0 Å². The number of nitrogens with one attached hydrogen (secondary N) is 1. The number of amides is 1. The fourth-order valence-electron chi connectivity index (χ4n) is 1.96. The highest BCUT2D eigenvalue weighted by atomic mass is 35.5. The molecule has 0 saturated carbocycles. The first-order chi connectivity index (χ1) is 9.97. The Hall–Kier alpha value is -0.970. The summed E-state index contributed by atoms with van der Waals surface area (Å²) in [5.74, 6) is 0.358. The maximum absolute atomic E-state index is 12.1. The lowest BCUT2D eigenvalue weighted by Crippen LogP contribution is -2.45. The van der Waals surface area contributed by atoms with Crippen LogP contribution in [0.5, 0.6) is 5.75 Å². The Morgan fingerprint density at radius 3 is 2.73 bits per heavy atom. The zero-order valence-electron chi connectivity index (χ0n) is 13.4. The highest BCUT2D eigenvalue weighted by Gasteiger charge is 2.19. The quantitative estimate of drug-likeness (QED) is 0.755. The van der Waals surface area contributed by atoms with Crippen LogP contribution in [0.1, 0.15) is 38.7 Å². The van der Waals surface area contributed by atoms with Gasteiger partial charge in [0.05, 0.1) is 5.02 Å². The van der Waals surface area contributed by atoms with E-state index in [1.54, 1.807) is 13.0 Å². The number of halogens is 2. The van der Waals surface area contributed by atoms with Crippen molar-refractivity contribution < 1.29 is 9.53 Å². The zero-order chi connectivity index (χ0) is 15.8. The number of ether oxygens (including phenoxy) is 1. The SMILES string of the molecule is CCCCC(CN)NC(=O)C(C)Oc1cc(C)ccc1Cl.Cl. The van der Waals surface area contributed by atoms with Crippen LogP contribution in [0, 0.1) is 6.92 Å². The number of carbonyl (C=O) groups excluding carboxylic acids is 1. The Morgan fingerprint density at radius 2 is 2.14 bits per heavy atom. The van der Waals surface area contributed by atoms with E-state index in [2.05, 4.69) is 12.2 Å². The molecule has 2 atom stereocenters. The van der Waals surface area contributed by atoms with E-state index in [0.717, 1.165) is 24.8 Å². The van der Waals surface area contributed by atoms with Crippen molar-refractivity contribution in [1.29, 1.82) is 0 Å². The normalized spacial score (nSPS) is 13.0. The number of nitrogens with two attached hydrogens (primary N) is 1. The minimum absolute atomic E-state index is 0. The van der Waals surface area contributed by atoms with Crippen molar-refractivity contribution in [2.24, 2.45) is 5.73 Å². The molecule has 1 aromatic carbocycles. The molecule has 0 heterocycles. The van der Waals surface area contributed by atoms with Crippen molar-refractivity contribution >= 4 is 29.9 Å². The Balaban J connectivity index is 0.00000441. The fourth-order valence-corrected chi connectivity index (χ4v) is 2.12. The lowest BCUT2D eigenvalue weighted by atomic mass is 10.1. The summed E-state index contributed by atoms with van der Waals surface area (Å²) in [6.45, 7) is 6.20. The summed E-state index contributed by atoms with van der Waals surface area (Å²) in [4.78, 5) is 12.1. The van der Waals surface area contributed by atoms with Gasteiger partial charge in [-0.3, -0.25) is 4.79 Å². The predicted molar refractivity (Wildman–Crippen MR) is 94.0 cm³/mol. The van der Waals surface area contributed by atoms with Gasteiger partial charge in [0.25, 0.3) is 5.91 Å². The maximum Gasteiger partial charge on any atom is 0.261 e. The molecule has 22 heavy (non-hydrogen) atoms. The van der Waals surface area contributed by atoms with E-state index in [1.807, 2.05) is 19.1 Å². The van der Waals surface area contributed by atoms with Gasteiger partial charge >= 0.3 is 0 Å². The average molecular weight is 349 g/mol. The zero-order valence-corrected chi connectivity index (χ0v) is 15.0. The van der Waals surface area contributed by atoms with E-state index in [-0.39, 0.29) is 24.4 Å². The van der Waals surface area contributed by atoms with Gasteiger partial charge in [0.15, 0.2) is 6.10 Å². The van der Waals surface area contributed by atoms with Crippen molar-refractivity contribution in [3.05, 3.63) is 28.8 Å². The molecule has 4 nitrogen and oxygen atoms in total. The van der Waals surface area contributed by atoms with Gasteiger partial charge in [-0.05, 0) is 38.0 Å². The third-order valence-corrected chi connectivity index (χ3v) is 3.61. The lowest BCUT2D eigenvalue weighted by Gasteiger charge is -2.21. The van der Waals surface area contributed by atoms with Crippen LogP contribution in [0.25, 0.3) is 0 Å². The van der Waals surface area contributed by atoms with Gasteiger partial charge in [-0.2, -0.15) is 0 Å². The molecular formula is C16H26Cl2N2O2. The summed E-state index contributed by atoms with van der Waals surface area (Å²) in [6, 6.07) is 5.48. The van der Waals surface area contributed by atoms with E-state index in [0.29, 0.717) is 17.3 Å². The molecule has 1 amide bonds. The molecule has 0 aliphatic rings. The molecule has 0 aliphatic heterocycles. The molecule has 0 aromatic heterocycles. The molecule has 0 fully saturated rings. The third-order valence-electron chi connectivity index (χ3n) is 3.30. The van der Waals surface area contributed by atoms with Crippen LogP contribution in [0.15, 0.2) is 18.2 Å². The molecule has 0 bridgehead atoms. The van der Waals surface area contributed by atoms with Gasteiger partial charge in [0, 0.05) is 12.6 Å². The summed E-state index contributed by atoms with van der Waals surface area (Å²) < 4.78 is 5.65. The van der Waals surface area contributed by atoms with E-state index in [4.69, 9.17) is 22.1 Å². The van der Waals surface area contributed by atoms with Crippen LogP contribution < -0.4 is 15.8 Å². The number of aryl methyl sites for hydroxylation is 1. The van der Waals surface area contributed by atoms with E-state index in [9.17, 15) is 4.79 Å². The maximum atomic E-state index is 12.1. The van der Waals surface area contributed by atoms with Crippen molar-refractivity contribution in [1.82, 2.24) is 5.32 Å². The summed E-state index contributed by atoms with van der Waals surface area (Å²) in [5, 5.41) is 3.43. The number of hydrogen-bond donors (Lipinski definition) is 2. The Labute approximate surface area is 144 Å². The molecule has 6 heteroatoms. The summed E-state index contributed by atoms with van der Waals surface area (Å²) in [7, 11) is 0. The molecule has 1 rings (SSSR count). The highest BCUT2D eigenvalue weighted by molar-refractivity contribution is 6.32.